The zero-order valence-electron chi connectivity index (χ0n) is 13.2. The van der Waals surface area contributed by atoms with Crippen molar-refractivity contribution in [2.24, 2.45) is 0 Å². The van der Waals surface area contributed by atoms with Gasteiger partial charge in [0.05, 0.1) is 36.8 Å². The smallest absolute Gasteiger partial charge is 0.162 e. The average Bonchev–Trinajstić information content (AvgIpc) is 3.12. The number of anilines is 2. The molecule has 24 heavy (non-hydrogen) atoms. The SMILES string of the molecule is COc1ccc(Nc2nc3cccnc3c3cn[nH]c23)cc1OC. The summed E-state index contributed by atoms with van der Waals surface area (Å²) in [5.74, 6) is 1.99. The van der Waals surface area contributed by atoms with Crippen LogP contribution < -0.4 is 14.8 Å². The van der Waals surface area contributed by atoms with Crippen molar-refractivity contribution in [3.8, 4) is 11.5 Å². The van der Waals surface area contributed by atoms with Crippen molar-refractivity contribution in [3.05, 3.63) is 42.7 Å². The van der Waals surface area contributed by atoms with E-state index in [0.717, 1.165) is 27.6 Å². The van der Waals surface area contributed by atoms with Crippen molar-refractivity contribution in [3.63, 3.8) is 0 Å². The van der Waals surface area contributed by atoms with Crippen molar-refractivity contribution in [1.82, 2.24) is 20.2 Å². The summed E-state index contributed by atoms with van der Waals surface area (Å²) in [6.07, 6.45) is 3.50. The van der Waals surface area contributed by atoms with Crippen LogP contribution in [0.4, 0.5) is 11.5 Å². The number of rotatable bonds is 4. The van der Waals surface area contributed by atoms with E-state index in [-0.39, 0.29) is 0 Å². The van der Waals surface area contributed by atoms with Gasteiger partial charge in [-0.3, -0.25) is 10.1 Å². The van der Waals surface area contributed by atoms with E-state index in [0.29, 0.717) is 17.3 Å². The summed E-state index contributed by atoms with van der Waals surface area (Å²) in [7, 11) is 3.21. The molecule has 1 aromatic carbocycles. The van der Waals surface area contributed by atoms with Crippen LogP contribution in [-0.2, 0) is 0 Å². The number of nitrogens with zero attached hydrogens (tertiary/aromatic N) is 3. The van der Waals surface area contributed by atoms with E-state index in [1.54, 1.807) is 26.6 Å². The highest BCUT2D eigenvalue weighted by atomic mass is 16.5. The Bertz CT molecular complexity index is 1030. The first-order chi connectivity index (χ1) is 11.8. The number of aromatic amines is 1. The van der Waals surface area contributed by atoms with Gasteiger partial charge in [0.1, 0.15) is 5.52 Å². The quantitative estimate of drug-likeness (QED) is 0.600. The molecule has 4 aromatic rings. The van der Waals surface area contributed by atoms with E-state index in [2.05, 4.69) is 25.5 Å². The van der Waals surface area contributed by atoms with Gasteiger partial charge in [-0.2, -0.15) is 5.10 Å². The van der Waals surface area contributed by atoms with E-state index in [1.165, 1.54) is 0 Å². The maximum absolute atomic E-state index is 5.34. The lowest BCUT2D eigenvalue weighted by Gasteiger charge is -2.12. The normalized spacial score (nSPS) is 10.9. The Hall–Kier alpha value is -3.35. The molecule has 0 amide bonds. The average molecular weight is 321 g/mol. The fraction of sp³-hybridized carbons (Fsp3) is 0.118. The topological polar surface area (TPSA) is 85.0 Å². The summed E-state index contributed by atoms with van der Waals surface area (Å²) < 4.78 is 10.6. The van der Waals surface area contributed by atoms with Gasteiger partial charge in [-0.1, -0.05) is 0 Å². The standard InChI is InChI=1S/C17H15N5O2/c1-23-13-6-5-10(8-14(13)24-2)20-17-16-11(9-19-22-16)15-12(21-17)4-3-7-18-15/h3-9H,1-2H3,(H,19,22)(H,20,21). The molecule has 7 nitrogen and oxygen atoms in total. The Balaban J connectivity index is 1.83. The maximum atomic E-state index is 5.34. The van der Waals surface area contributed by atoms with Gasteiger partial charge in [-0.25, -0.2) is 4.98 Å². The third-order valence-electron chi connectivity index (χ3n) is 3.80. The van der Waals surface area contributed by atoms with E-state index in [4.69, 9.17) is 9.47 Å². The van der Waals surface area contributed by atoms with Crippen LogP contribution in [0.5, 0.6) is 11.5 Å². The molecule has 3 aromatic heterocycles. The van der Waals surface area contributed by atoms with Gasteiger partial charge >= 0.3 is 0 Å². The van der Waals surface area contributed by atoms with Gasteiger partial charge in [-0.05, 0) is 24.3 Å². The number of hydrogen-bond acceptors (Lipinski definition) is 6. The predicted molar refractivity (Wildman–Crippen MR) is 92.0 cm³/mol. The monoisotopic (exact) mass is 321 g/mol. The van der Waals surface area contributed by atoms with Crippen LogP contribution in [0.15, 0.2) is 42.7 Å². The molecule has 0 unspecified atom stereocenters. The van der Waals surface area contributed by atoms with E-state index in [9.17, 15) is 0 Å². The molecule has 3 heterocycles. The molecule has 7 heteroatoms. The van der Waals surface area contributed by atoms with E-state index >= 15 is 0 Å². The molecule has 120 valence electrons. The fourth-order valence-corrected chi connectivity index (χ4v) is 2.66. The molecule has 0 saturated heterocycles. The molecule has 0 aliphatic heterocycles. The number of methoxy groups -OCH3 is 2. The van der Waals surface area contributed by atoms with Crippen LogP contribution in [0, 0.1) is 0 Å². The summed E-state index contributed by atoms with van der Waals surface area (Å²) in [6.45, 7) is 0. The second-order valence-electron chi connectivity index (χ2n) is 5.18. The molecule has 0 fully saturated rings. The molecule has 2 N–H and O–H groups in total. The zero-order chi connectivity index (χ0) is 16.5. The van der Waals surface area contributed by atoms with Gasteiger partial charge in [0.2, 0.25) is 0 Å². The Morgan fingerprint density at radius 1 is 1.08 bits per heavy atom. The molecule has 0 spiro atoms. The van der Waals surface area contributed by atoms with Crippen LogP contribution in [0.25, 0.3) is 21.9 Å². The Labute approximate surface area is 137 Å². The Morgan fingerprint density at radius 2 is 1.96 bits per heavy atom. The summed E-state index contributed by atoms with van der Waals surface area (Å²) in [5.41, 5.74) is 3.25. The minimum atomic E-state index is 0.644. The fourth-order valence-electron chi connectivity index (χ4n) is 2.66. The predicted octanol–water partition coefficient (Wildman–Crippen LogP) is 3.27. The number of aromatic nitrogens is 4. The number of fused-ring (bicyclic) bond motifs is 3. The molecular weight excluding hydrogens is 306 g/mol. The van der Waals surface area contributed by atoms with Gasteiger partial charge in [-0.15, -0.1) is 0 Å². The highest BCUT2D eigenvalue weighted by molar-refractivity contribution is 6.06. The molecule has 0 saturated carbocycles. The molecule has 0 aliphatic rings. The lowest BCUT2D eigenvalue weighted by Crippen LogP contribution is -1.98. The summed E-state index contributed by atoms with van der Waals surface area (Å²) in [5, 5.41) is 11.3. The van der Waals surface area contributed by atoms with Crippen molar-refractivity contribution >= 4 is 33.4 Å². The van der Waals surface area contributed by atoms with Crippen molar-refractivity contribution < 1.29 is 9.47 Å². The van der Waals surface area contributed by atoms with Crippen molar-refractivity contribution in [1.29, 1.82) is 0 Å². The number of hydrogen-bond donors (Lipinski definition) is 2. The zero-order valence-corrected chi connectivity index (χ0v) is 13.2. The number of H-pyrrole nitrogens is 1. The summed E-state index contributed by atoms with van der Waals surface area (Å²) in [6, 6.07) is 9.39. The van der Waals surface area contributed by atoms with Crippen LogP contribution >= 0.6 is 0 Å². The van der Waals surface area contributed by atoms with Gasteiger partial charge in [0.25, 0.3) is 0 Å². The minimum absolute atomic E-state index is 0.644. The molecule has 0 atom stereocenters. The molecule has 0 aliphatic carbocycles. The lowest BCUT2D eigenvalue weighted by molar-refractivity contribution is 0.355. The lowest BCUT2D eigenvalue weighted by atomic mass is 10.2. The van der Waals surface area contributed by atoms with Crippen LogP contribution in [0.2, 0.25) is 0 Å². The van der Waals surface area contributed by atoms with E-state index < -0.39 is 0 Å². The first-order valence-corrected chi connectivity index (χ1v) is 7.37. The van der Waals surface area contributed by atoms with Crippen LogP contribution in [0.1, 0.15) is 0 Å². The Kier molecular flexibility index (Phi) is 3.38. The van der Waals surface area contributed by atoms with E-state index in [1.807, 2.05) is 30.3 Å². The van der Waals surface area contributed by atoms with Crippen molar-refractivity contribution in [2.45, 2.75) is 0 Å². The maximum Gasteiger partial charge on any atom is 0.162 e. The van der Waals surface area contributed by atoms with Gasteiger partial charge in [0, 0.05) is 18.0 Å². The highest BCUT2D eigenvalue weighted by Crippen LogP contribution is 2.33. The first-order valence-electron chi connectivity index (χ1n) is 7.37. The van der Waals surface area contributed by atoms with Crippen molar-refractivity contribution in [2.75, 3.05) is 19.5 Å². The second-order valence-corrected chi connectivity index (χ2v) is 5.18. The molecule has 0 bridgehead atoms. The first kappa shape index (κ1) is 14.3. The Morgan fingerprint density at radius 3 is 2.79 bits per heavy atom. The summed E-state index contributed by atoms with van der Waals surface area (Å²) in [4.78, 5) is 9.04. The summed E-state index contributed by atoms with van der Waals surface area (Å²) >= 11 is 0. The minimum Gasteiger partial charge on any atom is -0.493 e. The number of pyridine rings is 2. The van der Waals surface area contributed by atoms with Crippen LogP contribution in [0.3, 0.4) is 0 Å². The number of nitrogens with one attached hydrogen (secondary N) is 2. The van der Waals surface area contributed by atoms with Gasteiger partial charge in [0.15, 0.2) is 17.3 Å². The highest BCUT2D eigenvalue weighted by Gasteiger charge is 2.12. The molecule has 4 rings (SSSR count). The van der Waals surface area contributed by atoms with Gasteiger partial charge < -0.3 is 14.8 Å². The molecule has 0 radical (unpaired) electrons. The largest absolute Gasteiger partial charge is 0.493 e. The molecular formula is C17H15N5O2. The third-order valence-corrected chi connectivity index (χ3v) is 3.80. The number of ether oxygens (including phenoxy) is 2. The second kappa shape index (κ2) is 5.69. The third kappa shape index (κ3) is 2.26. The number of benzene rings is 1. The van der Waals surface area contributed by atoms with Crippen LogP contribution in [-0.4, -0.2) is 34.4 Å².